The molecule has 17 nitrogen and oxygen atoms in total. The maximum absolute atomic E-state index is 13.0. The second-order valence-corrected chi connectivity index (χ2v) is 29.5. The van der Waals surface area contributed by atoms with Crippen LogP contribution in [0.5, 0.6) is 0 Å². The largest absolute Gasteiger partial charge is 0.472 e. The maximum atomic E-state index is 13.0. The van der Waals surface area contributed by atoms with Crippen molar-refractivity contribution in [1.82, 2.24) is 0 Å². The fourth-order valence-corrected chi connectivity index (χ4v) is 12.3. The molecule has 0 aromatic heterocycles. The Kier molecular flexibility index (Phi) is 61.8. The lowest BCUT2D eigenvalue weighted by molar-refractivity contribution is -0.161. The molecule has 19 heteroatoms. The Bertz CT molecular complexity index is 1750. The summed E-state index contributed by atoms with van der Waals surface area (Å²) < 4.78 is 68.0. The van der Waals surface area contributed by atoms with E-state index in [0.29, 0.717) is 25.7 Å². The molecule has 90 heavy (non-hydrogen) atoms. The second-order valence-electron chi connectivity index (χ2n) is 26.6. The first-order valence-corrected chi connectivity index (χ1v) is 40.0. The zero-order chi connectivity index (χ0) is 66.5. The van der Waals surface area contributed by atoms with Crippen molar-refractivity contribution >= 4 is 39.5 Å². The molecule has 534 valence electrons. The first kappa shape index (κ1) is 88.1. The quantitative estimate of drug-likeness (QED) is 0.0222. The lowest BCUT2D eigenvalue weighted by atomic mass is 10.0. The van der Waals surface area contributed by atoms with Crippen LogP contribution in [0, 0.1) is 11.8 Å². The van der Waals surface area contributed by atoms with Crippen molar-refractivity contribution in [2.45, 2.75) is 381 Å². The monoisotopic (exact) mass is 1320 g/mol. The van der Waals surface area contributed by atoms with Crippen LogP contribution in [0.4, 0.5) is 0 Å². The van der Waals surface area contributed by atoms with Gasteiger partial charge in [0.15, 0.2) is 12.2 Å². The molecular weight excluding hydrogens is 1190 g/mol. The van der Waals surface area contributed by atoms with Gasteiger partial charge < -0.3 is 33.8 Å². The van der Waals surface area contributed by atoms with E-state index in [0.717, 1.165) is 108 Å². The zero-order valence-corrected chi connectivity index (χ0v) is 60.2. The van der Waals surface area contributed by atoms with Crippen LogP contribution in [0.15, 0.2) is 0 Å². The van der Waals surface area contributed by atoms with E-state index in [1.165, 1.54) is 173 Å². The molecule has 3 N–H and O–H groups in total. The van der Waals surface area contributed by atoms with Gasteiger partial charge in [-0.3, -0.25) is 37.3 Å². The summed E-state index contributed by atoms with van der Waals surface area (Å²) in [6.45, 7) is 9.50. The summed E-state index contributed by atoms with van der Waals surface area (Å²) in [5, 5.41) is 10.5. The Hall–Kier alpha value is -1.94. The van der Waals surface area contributed by atoms with Gasteiger partial charge >= 0.3 is 39.5 Å². The fraction of sp³-hybridized carbons (Fsp3) is 0.944. The van der Waals surface area contributed by atoms with Gasteiger partial charge in [0.1, 0.15) is 19.3 Å². The Balaban J connectivity index is 5.11. The van der Waals surface area contributed by atoms with Crippen LogP contribution < -0.4 is 0 Å². The third-order valence-corrected chi connectivity index (χ3v) is 18.4. The van der Waals surface area contributed by atoms with Gasteiger partial charge in [-0.2, -0.15) is 0 Å². The number of phosphoric ester groups is 2. The molecule has 0 radical (unpaired) electrons. The number of phosphoric acid groups is 2. The van der Waals surface area contributed by atoms with Crippen molar-refractivity contribution in [1.29, 1.82) is 0 Å². The molecule has 5 atom stereocenters. The predicted octanol–water partition coefficient (Wildman–Crippen LogP) is 20.4. The maximum Gasteiger partial charge on any atom is 0.472 e. The Morgan fingerprint density at radius 2 is 0.511 bits per heavy atom. The Labute approximate surface area is 549 Å². The van der Waals surface area contributed by atoms with Crippen LogP contribution in [0.25, 0.3) is 0 Å². The van der Waals surface area contributed by atoms with Crippen LogP contribution in [0.1, 0.15) is 363 Å². The molecule has 0 heterocycles. The van der Waals surface area contributed by atoms with Gasteiger partial charge in [-0.1, -0.05) is 311 Å². The molecule has 0 fully saturated rings. The summed E-state index contributed by atoms with van der Waals surface area (Å²) in [6.07, 6.45) is 49.1. The molecule has 0 saturated carbocycles. The number of rotatable bonds is 70. The SMILES string of the molecule is CCCCCCCCCCCC(=O)O[C@H](COC(=O)CCCCCCC)COP(=O)(O)OC[C@H](O)COP(=O)(O)OC[C@@H](COC(=O)CCCCCCCCCCCCCCC(C)C)OC(=O)CCCCCCCCCCCCCCCCCCCCC(C)C. The van der Waals surface area contributed by atoms with Crippen LogP contribution >= 0.6 is 15.6 Å². The van der Waals surface area contributed by atoms with Gasteiger partial charge in [0.2, 0.25) is 0 Å². The van der Waals surface area contributed by atoms with E-state index in [2.05, 4.69) is 41.5 Å². The molecule has 0 spiro atoms. The van der Waals surface area contributed by atoms with Crippen molar-refractivity contribution in [2.75, 3.05) is 39.6 Å². The first-order chi connectivity index (χ1) is 43.4. The van der Waals surface area contributed by atoms with Gasteiger partial charge in [0.25, 0.3) is 0 Å². The molecule has 0 aromatic rings. The number of hydrogen-bond donors (Lipinski definition) is 3. The van der Waals surface area contributed by atoms with Crippen LogP contribution in [0.3, 0.4) is 0 Å². The summed E-state index contributed by atoms with van der Waals surface area (Å²) in [5.74, 6) is -0.534. The summed E-state index contributed by atoms with van der Waals surface area (Å²) in [4.78, 5) is 72.2. The van der Waals surface area contributed by atoms with E-state index in [1.807, 2.05) is 0 Å². The molecule has 0 aliphatic heterocycles. The van der Waals surface area contributed by atoms with Crippen molar-refractivity contribution < 1.29 is 80.2 Å². The van der Waals surface area contributed by atoms with E-state index in [9.17, 15) is 43.2 Å². The number of aliphatic hydroxyl groups is 1. The molecule has 0 rings (SSSR count). The highest BCUT2D eigenvalue weighted by Gasteiger charge is 2.30. The molecule has 0 amide bonds. The predicted molar refractivity (Wildman–Crippen MR) is 363 cm³/mol. The number of unbranched alkanes of at least 4 members (excludes halogenated alkanes) is 40. The van der Waals surface area contributed by atoms with Gasteiger partial charge in [-0.15, -0.1) is 0 Å². The second kappa shape index (κ2) is 63.1. The molecule has 0 saturated heterocycles. The Morgan fingerprint density at radius 1 is 0.300 bits per heavy atom. The minimum absolute atomic E-state index is 0.105. The third kappa shape index (κ3) is 64.8. The molecule has 0 bridgehead atoms. The minimum Gasteiger partial charge on any atom is -0.462 e. The molecule has 0 aliphatic rings. The molecule has 2 unspecified atom stereocenters. The summed E-state index contributed by atoms with van der Waals surface area (Å²) in [5.41, 5.74) is 0. The highest BCUT2D eigenvalue weighted by Crippen LogP contribution is 2.45. The van der Waals surface area contributed by atoms with Crippen molar-refractivity contribution in [3.05, 3.63) is 0 Å². The number of hydrogen-bond acceptors (Lipinski definition) is 15. The van der Waals surface area contributed by atoms with Crippen molar-refractivity contribution in [3.63, 3.8) is 0 Å². The highest BCUT2D eigenvalue weighted by molar-refractivity contribution is 7.47. The van der Waals surface area contributed by atoms with Crippen molar-refractivity contribution in [2.24, 2.45) is 11.8 Å². The average molecular weight is 1330 g/mol. The van der Waals surface area contributed by atoms with E-state index in [4.69, 9.17) is 37.0 Å². The topological polar surface area (TPSA) is 237 Å². The van der Waals surface area contributed by atoms with Gasteiger partial charge in [-0.05, 0) is 37.5 Å². The first-order valence-electron chi connectivity index (χ1n) is 37.0. The van der Waals surface area contributed by atoms with Gasteiger partial charge in [0.05, 0.1) is 26.4 Å². The van der Waals surface area contributed by atoms with E-state index in [-0.39, 0.29) is 25.7 Å². The van der Waals surface area contributed by atoms with Gasteiger partial charge in [-0.25, -0.2) is 9.13 Å². The number of esters is 4. The molecule has 0 aliphatic carbocycles. The number of aliphatic hydroxyl groups excluding tert-OH is 1. The fourth-order valence-electron chi connectivity index (χ4n) is 10.8. The number of ether oxygens (including phenoxy) is 4. The minimum atomic E-state index is -4.95. The van der Waals surface area contributed by atoms with Crippen LogP contribution in [-0.2, 0) is 65.4 Å². The zero-order valence-electron chi connectivity index (χ0n) is 58.4. The standard InChI is InChI=1S/C71H138O17P2/c1-7-9-11-13-14-29-37-43-49-55-70(75)87-66(59-81-68(73)53-47-39-12-10-8-2)61-85-89(77,78)83-57-65(72)58-84-90(79,80)86-62-67(60-82-69(74)54-48-42-36-32-27-24-23-26-31-35-41-46-52-64(5)6)88-71(76)56-50-44-38-33-28-22-20-18-16-15-17-19-21-25-30-34-40-45-51-63(3)4/h63-67,72H,7-62H2,1-6H3,(H,77,78)(H,79,80)/t65-,66+,67+/m0/s1. The highest BCUT2D eigenvalue weighted by atomic mass is 31.2. The lowest BCUT2D eigenvalue weighted by Crippen LogP contribution is -2.30. The summed E-state index contributed by atoms with van der Waals surface area (Å²) in [7, 11) is -9.89. The number of carbonyl (C=O) groups is 4. The summed E-state index contributed by atoms with van der Waals surface area (Å²) >= 11 is 0. The van der Waals surface area contributed by atoms with Crippen LogP contribution in [-0.4, -0.2) is 96.7 Å². The smallest absolute Gasteiger partial charge is 0.462 e. The van der Waals surface area contributed by atoms with E-state index >= 15 is 0 Å². The average Bonchev–Trinajstić information content (AvgIpc) is 3.71. The Morgan fingerprint density at radius 3 is 0.756 bits per heavy atom. The van der Waals surface area contributed by atoms with Gasteiger partial charge in [0, 0.05) is 25.7 Å². The number of carbonyl (C=O) groups excluding carboxylic acids is 4. The van der Waals surface area contributed by atoms with E-state index in [1.54, 1.807) is 0 Å². The van der Waals surface area contributed by atoms with E-state index < -0.39 is 97.5 Å². The third-order valence-electron chi connectivity index (χ3n) is 16.5. The lowest BCUT2D eigenvalue weighted by Gasteiger charge is -2.21. The normalized spacial score (nSPS) is 14.1. The molecule has 0 aromatic carbocycles. The van der Waals surface area contributed by atoms with Crippen LogP contribution in [0.2, 0.25) is 0 Å². The molecular formula is C71H138O17P2. The van der Waals surface area contributed by atoms with Crippen molar-refractivity contribution in [3.8, 4) is 0 Å². The summed E-state index contributed by atoms with van der Waals surface area (Å²) in [6, 6.07) is 0.